The van der Waals surface area contributed by atoms with Gasteiger partial charge in [-0.2, -0.15) is 5.10 Å². The lowest BCUT2D eigenvalue weighted by Crippen LogP contribution is -2.35. The number of fused-ring (bicyclic) bond motifs is 1. The molecule has 4 rings (SSSR count). The van der Waals surface area contributed by atoms with Crippen molar-refractivity contribution in [1.82, 2.24) is 14.8 Å². The molecule has 1 amide bonds. The van der Waals surface area contributed by atoms with Crippen molar-refractivity contribution in [2.24, 2.45) is 0 Å². The number of nitrogens with zero attached hydrogens (tertiary/aromatic N) is 4. The summed E-state index contributed by atoms with van der Waals surface area (Å²) in [6.07, 6.45) is 0.933. The number of amides is 1. The van der Waals surface area contributed by atoms with Gasteiger partial charge in [-0.05, 0) is 31.5 Å². The van der Waals surface area contributed by atoms with E-state index in [0.29, 0.717) is 12.4 Å². The Morgan fingerprint density at radius 3 is 3.00 bits per heavy atom. The molecule has 2 aromatic rings. The Hall–Kier alpha value is -2.41. The highest BCUT2D eigenvalue weighted by molar-refractivity contribution is 5.98. The molecule has 2 aliphatic rings. The zero-order chi connectivity index (χ0) is 16.0. The van der Waals surface area contributed by atoms with E-state index in [1.165, 1.54) is 0 Å². The topological polar surface area (TPSA) is 69.5 Å². The van der Waals surface area contributed by atoms with Crippen LogP contribution in [0.25, 0.3) is 11.4 Å². The van der Waals surface area contributed by atoms with Crippen molar-refractivity contribution in [3.8, 4) is 17.1 Å². The Bertz CT molecular complexity index is 765. The molecule has 2 aliphatic heterocycles. The number of benzene rings is 1. The quantitative estimate of drug-likeness (QED) is 0.841. The molecule has 1 fully saturated rings. The minimum absolute atomic E-state index is 0.0588. The lowest BCUT2D eigenvalue weighted by molar-refractivity contribution is -0.120. The van der Waals surface area contributed by atoms with Gasteiger partial charge in [0.15, 0.2) is 12.4 Å². The molecule has 120 valence electrons. The van der Waals surface area contributed by atoms with Gasteiger partial charge in [0.2, 0.25) is 0 Å². The van der Waals surface area contributed by atoms with Crippen LogP contribution < -0.4 is 9.64 Å². The monoisotopic (exact) mass is 314 g/mol. The minimum atomic E-state index is -0.0588. The molecule has 1 atom stereocenters. The van der Waals surface area contributed by atoms with Gasteiger partial charge in [-0.15, -0.1) is 0 Å². The Balaban J connectivity index is 1.78. The number of aromatic nitrogens is 3. The van der Waals surface area contributed by atoms with Gasteiger partial charge in [-0.1, -0.05) is 0 Å². The average molecular weight is 314 g/mol. The summed E-state index contributed by atoms with van der Waals surface area (Å²) in [7, 11) is 1.76. The van der Waals surface area contributed by atoms with Crippen molar-refractivity contribution in [2.45, 2.75) is 19.4 Å². The summed E-state index contributed by atoms with van der Waals surface area (Å²) < 4.78 is 12.9. The van der Waals surface area contributed by atoms with Gasteiger partial charge in [0.05, 0.1) is 18.3 Å². The van der Waals surface area contributed by atoms with Crippen LogP contribution in [0.3, 0.4) is 0 Å². The molecule has 1 aromatic heterocycles. The van der Waals surface area contributed by atoms with E-state index in [-0.39, 0.29) is 18.6 Å². The second-order valence-corrected chi connectivity index (χ2v) is 5.87. The highest BCUT2D eigenvalue weighted by Crippen LogP contribution is 2.35. The van der Waals surface area contributed by atoms with Crippen LogP contribution >= 0.6 is 0 Å². The SMILES string of the molecule is Cc1nc(-c2ccc3c(c2)N(C)C(=O)CO3)n(C2CCOC2)n1. The number of carbonyl (C=O) groups is 1. The molecular weight excluding hydrogens is 296 g/mol. The van der Waals surface area contributed by atoms with Crippen molar-refractivity contribution in [3.63, 3.8) is 0 Å². The van der Waals surface area contributed by atoms with Gasteiger partial charge in [-0.3, -0.25) is 4.79 Å². The van der Waals surface area contributed by atoms with Crippen LogP contribution in [0.2, 0.25) is 0 Å². The van der Waals surface area contributed by atoms with E-state index in [9.17, 15) is 4.79 Å². The summed E-state index contributed by atoms with van der Waals surface area (Å²) in [5.74, 6) is 2.18. The molecule has 0 bridgehead atoms. The summed E-state index contributed by atoms with van der Waals surface area (Å²) in [5.41, 5.74) is 1.68. The molecular formula is C16H18N4O3. The third-order valence-electron chi connectivity index (χ3n) is 4.29. The third kappa shape index (κ3) is 2.37. The summed E-state index contributed by atoms with van der Waals surface area (Å²) in [5, 5.41) is 4.53. The number of anilines is 1. The Labute approximate surface area is 133 Å². The van der Waals surface area contributed by atoms with Gasteiger partial charge >= 0.3 is 0 Å². The van der Waals surface area contributed by atoms with E-state index in [1.54, 1.807) is 11.9 Å². The maximum Gasteiger partial charge on any atom is 0.264 e. The smallest absolute Gasteiger partial charge is 0.264 e. The van der Waals surface area contributed by atoms with E-state index in [1.807, 2.05) is 29.8 Å². The first kappa shape index (κ1) is 14.2. The Morgan fingerprint density at radius 2 is 2.22 bits per heavy atom. The number of likely N-dealkylation sites (N-methyl/N-ethyl adjacent to an activating group) is 1. The fourth-order valence-electron chi connectivity index (χ4n) is 3.01. The van der Waals surface area contributed by atoms with Gasteiger partial charge in [-0.25, -0.2) is 9.67 Å². The standard InChI is InChI=1S/C16H18N4O3/c1-10-17-16(20(18-10)12-5-6-22-8-12)11-3-4-14-13(7-11)19(2)15(21)9-23-14/h3-4,7,12H,5-6,8-9H2,1-2H3. The minimum Gasteiger partial charge on any atom is -0.482 e. The number of rotatable bonds is 2. The molecule has 23 heavy (non-hydrogen) atoms. The molecule has 3 heterocycles. The lowest BCUT2D eigenvalue weighted by atomic mass is 10.1. The van der Waals surface area contributed by atoms with Crippen LogP contribution in [-0.4, -0.2) is 47.5 Å². The fourth-order valence-corrected chi connectivity index (χ4v) is 3.01. The fraction of sp³-hybridized carbons (Fsp3) is 0.438. The van der Waals surface area contributed by atoms with E-state index in [0.717, 1.165) is 35.9 Å². The van der Waals surface area contributed by atoms with Crippen molar-refractivity contribution in [1.29, 1.82) is 0 Å². The van der Waals surface area contributed by atoms with E-state index >= 15 is 0 Å². The molecule has 0 spiro atoms. The molecule has 1 saturated heterocycles. The van der Waals surface area contributed by atoms with Crippen LogP contribution in [0.5, 0.6) is 5.75 Å². The zero-order valence-corrected chi connectivity index (χ0v) is 13.2. The van der Waals surface area contributed by atoms with Crippen LogP contribution in [0.15, 0.2) is 18.2 Å². The largest absolute Gasteiger partial charge is 0.482 e. The molecule has 0 radical (unpaired) electrons. The van der Waals surface area contributed by atoms with Gasteiger partial charge in [0, 0.05) is 19.2 Å². The summed E-state index contributed by atoms with van der Waals surface area (Å²) in [4.78, 5) is 18.0. The number of carbonyl (C=O) groups excluding carboxylic acids is 1. The zero-order valence-electron chi connectivity index (χ0n) is 13.2. The predicted molar refractivity (Wildman–Crippen MR) is 83.6 cm³/mol. The molecule has 1 aromatic carbocycles. The predicted octanol–water partition coefficient (Wildman–Crippen LogP) is 1.57. The first-order valence-corrected chi connectivity index (χ1v) is 7.68. The highest BCUT2D eigenvalue weighted by Gasteiger charge is 2.26. The number of aryl methyl sites for hydroxylation is 1. The normalized spacial score (nSPS) is 20.5. The molecule has 0 N–H and O–H groups in total. The van der Waals surface area contributed by atoms with Crippen LogP contribution in [0, 0.1) is 6.92 Å². The van der Waals surface area contributed by atoms with Gasteiger partial charge in [0.1, 0.15) is 11.6 Å². The van der Waals surface area contributed by atoms with E-state index < -0.39 is 0 Å². The first-order valence-electron chi connectivity index (χ1n) is 7.68. The summed E-state index contributed by atoms with van der Waals surface area (Å²) >= 11 is 0. The lowest BCUT2D eigenvalue weighted by Gasteiger charge is -2.26. The highest BCUT2D eigenvalue weighted by atomic mass is 16.5. The molecule has 0 aliphatic carbocycles. The second-order valence-electron chi connectivity index (χ2n) is 5.87. The number of hydrogen-bond acceptors (Lipinski definition) is 5. The Kier molecular flexibility index (Phi) is 3.30. The first-order chi connectivity index (χ1) is 11.1. The second kappa shape index (κ2) is 5.34. The number of ether oxygens (including phenoxy) is 2. The van der Waals surface area contributed by atoms with Crippen molar-refractivity contribution >= 4 is 11.6 Å². The summed E-state index contributed by atoms with van der Waals surface area (Å²) in [6.45, 7) is 3.37. The van der Waals surface area contributed by atoms with Gasteiger partial charge in [0.25, 0.3) is 5.91 Å². The average Bonchev–Trinajstić information content (AvgIpc) is 3.20. The maximum atomic E-state index is 11.8. The Morgan fingerprint density at radius 1 is 1.35 bits per heavy atom. The third-order valence-corrected chi connectivity index (χ3v) is 4.29. The summed E-state index contributed by atoms with van der Waals surface area (Å²) in [6, 6.07) is 5.98. The molecule has 7 heteroatoms. The molecule has 7 nitrogen and oxygen atoms in total. The molecule has 1 unspecified atom stereocenters. The van der Waals surface area contributed by atoms with Gasteiger partial charge < -0.3 is 14.4 Å². The number of hydrogen-bond donors (Lipinski definition) is 0. The van der Waals surface area contributed by atoms with Crippen LogP contribution in [-0.2, 0) is 9.53 Å². The van der Waals surface area contributed by atoms with E-state index in [2.05, 4.69) is 10.1 Å². The van der Waals surface area contributed by atoms with Crippen LogP contribution in [0.4, 0.5) is 5.69 Å². The van der Waals surface area contributed by atoms with Crippen molar-refractivity contribution in [3.05, 3.63) is 24.0 Å². The molecule has 0 saturated carbocycles. The van der Waals surface area contributed by atoms with Crippen molar-refractivity contribution in [2.75, 3.05) is 31.8 Å². The maximum absolute atomic E-state index is 11.8. The van der Waals surface area contributed by atoms with E-state index in [4.69, 9.17) is 9.47 Å². The van der Waals surface area contributed by atoms with Crippen LogP contribution in [0.1, 0.15) is 18.3 Å². The van der Waals surface area contributed by atoms with Crippen molar-refractivity contribution < 1.29 is 14.3 Å².